The SMILES string of the molecule is Cc1ccc(-c2ocnc2C(=O)N2CC(C(=O)O)O[C@H](C)C2)cc1. The molecule has 0 bridgehead atoms. The summed E-state index contributed by atoms with van der Waals surface area (Å²) in [6, 6.07) is 7.55. The van der Waals surface area contributed by atoms with Gasteiger partial charge in [0.2, 0.25) is 0 Å². The van der Waals surface area contributed by atoms with E-state index >= 15 is 0 Å². The molecule has 1 fully saturated rings. The van der Waals surface area contributed by atoms with Crippen molar-refractivity contribution in [2.75, 3.05) is 13.1 Å². The van der Waals surface area contributed by atoms with Crippen LogP contribution in [0.5, 0.6) is 0 Å². The van der Waals surface area contributed by atoms with Crippen molar-refractivity contribution in [1.29, 1.82) is 0 Å². The highest BCUT2D eigenvalue weighted by Gasteiger charge is 2.34. The molecule has 0 saturated carbocycles. The van der Waals surface area contributed by atoms with Gasteiger partial charge in [0.25, 0.3) is 5.91 Å². The lowest BCUT2D eigenvalue weighted by Crippen LogP contribution is -2.51. The number of aliphatic carboxylic acids is 1. The van der Waals surface area contributed by atoms with Gasteiger partial charge >= 0.3 is 5.97 Å². The van der Waals surface area contributed by atoms with E-state index < -0.39 is 12.1 Å². The summed E-state index contributed by atoms with van der Waals surface area (Å²) in [6.07, 6.45) is -0.174. The van der Waals surface area contributed by atoms with Gasteiger partial charge in [-0.05, 0) is 13.8 Å². The van der Waals surface area contributed by atoms with Gasteiger partial charge in [-0.25, -0.2) is 9.78 Å². The van der Waals surface area contributed by atoms with Crippen LogP contribution in [0.4, 0.5) is 0 Å². The average Bonchev–Trinajstić information content (AvgIpc) is 3.03. The second-order valence-electron chi connectivity index (χ2n) is 5.88. The van der Waals surface area contributed by atoms with Crippen LogP contribution >= 0.6 is 0 Å². The van der Waals surface area contributed by atoms with Crippen LogP contribution in [-0.2, 0) is 9.53 Å². The Morgan fingerprint density at radius 1 is 1.25 bits per heavy atom. The standard InChI is InChI=1S/C17H18N2O5/c1-10-3-5-12(6-4-10)15-14(18-9-23-15)16(20)19-7-11(2)24-13(8-19)17(21)22/h3-6,9,11,13H,7-8H2,1-2H3,(H,21,22)/t11-,13?/m1/s1. The van der Waals surface area contributed by atoms with Crippen molar-refractivity contribution in [3.8, 4) is 11.3 Å². The van der Waals surface area contributed by atoms with Gasteiger partial charge in [-0.2, -0.15) is 0 Å². The highest BCUT2D eigenvalue weighted by molar-refractivity contribution is 5.98. The van der Waals surface area contributed by atoms with Gasteiger partial charge in [-0.15, -0.1) is 0 Å². The number of carboxylic acids is 1. The number of carboxylic acid groups (broad SMARTS) is 1. The minimum Gasteiger partial charge on any atom is -0.479 e. The molecule has 1 aliphatic rings. The number of benzene rings is 1. The molecule has 1 amide bonds. The van der Waals surface area contributed by atoms with E-state index in [1.165, 1.54) is 11.3 Å². The largest absolute Gasteiger partial charge is 0.479 e. The van der Waals surface area contributed by atoms with Crippen molar-refractivity contribution in [3.63, 3.8) is 0 Å². The highest BCUT2D eigenvalue weighted by Crippen LogP contribution is 2.25. The van der Waals surface area contributed by atoms with Crippen LogP contribution in [0.3, 0.4) is 0 Å². The Bertz CT molecular complexity index is 753. The summed E-state index contributed by atoms with van der Waals surface area (Å²) >= 11 is 0. The Kier molecular flexibility index (Phi) is 4.35. The van der Waals surface area contributed by atoms with Crippen LogP contribution in [0, 0.1) is 6.92 Å². The van der Waals surface area contributed by atoms with Crippen molar-refractivity contribution < 1.29 is 23.8 Å². The zero-order chi connectivity index (χ0) is 17.3. The molecule has 126 valence electrons. The Balaban J connectivity index is 1.87. The van der Waals surface area contributed by atoms with Gasteiger partial charge in [0.05, 0.1) is 12.6 Å². The van der Waals surface area contributed by atoms with E-state index in [1.54, 1.807) is 6.92 Å². The number of ether oxygens (including phenoxy) is 1. The first-order valence-electron chi connectivity index (χ1n) is 7.63. The van der Waals surface area contributed by atoms with Gasteiger partial charge < -0.3 is 19.2 Å². The van der Waals surface area contributed by atoms with E-state index in [-0.39, 0.29) is 24.2 Å². The van der Waals surface area contributed by atoms with E-state index in [2.05, 4.69) is 4.98 Å². The number of carbonyl (C=O) groups excluding carboxylic acids is 1. The van der Waals surface area contributed by atoms with Gasteiger partial charge in [0.1, 0.15) is 0 Å². The first-order chi connectivity index (χ1) is 11.5. The van der Waals surface area contributed by atoms with Crippen LogP contribution < -0.4 is 0 Å². The van der Waals surface area contributed by atoms with Gasteiger partial charge in [0.15, 0.2) is 24.0 Å². The summed E-state index contributed by atoms with van der Waals surface area (Å²) in [6.45, 7) is 4.00. The summed E-state index contributed by atoms with van der Waals surface area (Å²) in [7, 11) is 0. The smallest absolute Gasteiger partial charge is 0.334 e. The van der Waals surface area contributed by atoms with Crippen molar-refractivity contribution in [1.82, 2.24) is 9.88 Å². The number of hydrogen-bond donors (Lipinski definition) is 1. The number of aryl methyl sites for hydroxylation is 1. The summed E-state index contributed by atoms with van der Waals surface area (Å²) in [5, 5.41) is 9.15. The molecular formula is C17H18N2O5. The summed E-state index contributed by atoms with van der Waals surface area (Å²) in [5.41, 5.74) is 2.02. The quantitative estimate of drug-likeness (QED) is 0.925. The third-order valence-corrected chi connectivity index (χ3v) is 3.91. The minimum absolute atomic E-state index is 0.0152. The molecular weight excluding hydrogens is 312 g/mol. The molecule has 1 aliphatic heterocycles. The summed E-state index contributed by atoms with van der Waals surface area (Å²) in [4.78, 5) is 29.5. The van der Waals surface area contributed by atoms with Crippen LogP contribution in [0.15, 0.2) is 35.1 Å². The van der Waals surface area contributed by atoms with Gasteiger partial charge in [0, 0.05) is 12.1 Å². The van der Waals surface area contributed by atoms with Crippen LogP contribution in [-0.4, -0.2) is 52.2 Å². The number of aromatic nitrogens is 1. The average molecular weight is 330 g/mol. The van der Waals surface area contributed by atoms with Crippen molar-refractivity contribution >= 4 is 11.9 Å². The summed E-state index contributed by atoms with van der Waals surface area (Å²) < 4.78 is 10.7. The molecule has 2 aromatic rings. The maximum Gasteiger partial charge on any atom is 0.334 e. The highest BCUT2D eigenvalue weighted by atomic mass is 16.5. The predicted molar refractivity (Wildman–Crippen MR) is 84.6 cm³/mol. The van der Waals surface area contributed by atoms with Gasteiger partial charge in [-0.3, -0.25) is 4.79 Å². The Hall–Kier alpha value is -2.67. The topological polar surface area (TPSA) is 92.9 Å². The molecule has 2 atom stereocenters. The molecule has 1 unspecified atom stereocenters. The minimum atomic E-state index is -1.08. The first-order valence-corrected chi connectivity index (χ1v) is 7.63. The Morgan fingerprint density at radius 2 is 1.96 bits per heavy atom. The third kappa shape index (κ3) is 3.16. The maximum absolute atomic E-state index is 12.8. The number of rotatable bonds is 3. The van der Waals surface area contributed by atoms with Crippen molar-refractivity contribution in [2.24, 2.45) is 0 Å². The predicted octanol–water partition coefficient (Wildman–Crippen LogP) is 1.96. The van der Waals surface area contributed by atoms with E-state index in [9.17, 15) is 9.59 Å². The first kappa shape index (κ1) is 16.2. The second-order valence-corrected chi connectivity index (χ2v) is 5.88. The van der Waals surface area contributed by atoms with Crippen molar-refractivity contribution in [3.05, 3.63) is 41.9 Å². The molecule has 1 N–H and O–H groups in total. The number of hydrogen-bond acceptors (Lipinski definition) is 5. The third-order valence-electron chi connectivity index (χ3n) is 3.91. The fraction of sp³-hybridized carbons (Fsp3) is 0.353. The van der Waals surface area contributed by atoms with Crippen molar-refractivity contribution in [2.45, 2.75) is 26.1 Å². The molecule has 0 aliphatic carbocycles. The molecule has 3 rings (SSSR count). The lowest BCUT2D eigenvalue weighted by Gasteiger charge is -2.34. The molecule has 2 heterocycles. The van der Waals surface area contributed by atoms with E-state index in [0.717, 1.165) is 11.1 Å². The molecule has 1 aromatic carbocycles. The number of morpholine rings is 1. The Morgan fingerprint density at radius 3 is 2.62 bits per heavy atom. The fourth-order valence-corrected chi connectivity index (χ4v) is 2.71. The van der Waals surface area contributed by atoms with Crippen LogP contribution in [0.1, 0.15) is 23.0 Å². The molecule has 0 radical (unpaired) electrons. The zero-order valence-corrected chi connectivity index (χ0v) is 13.4. The number of carbonyl (C=O) groups is 2. The monoisotopic (exact) mass is 330 g/mol. The summed E-state index contributed by atoms with van der Waals surface area (Å²) in [5.74, 6) is -1.06. The second kappa shape index (κ2) is 6.45. The lowest BCUT2D eigenvalue weighted by atomic mass is 10.1. The fourth-order valence-electron chi connectivity index (χ4n) is 2.71. The number of oxazole rings is 1. The maximum atomic E-state index is 12.8. The zero-order valence-electron chi connectivity index (χ0n) is 13.4. The van der Waals surface area contributed by atoms with Crippen LogP contribution in [0.2, 0.25) is 0 Å². The van der Waals surface area contributed by atoms with Gasteiger partial charge in [-0.1, -0.05) is 29.8 Å². The number of amides is 1. The molecule has 7 nitrogen and oxygen atoms in total. The van der Waals surface area contributed by atoms with E-state index in [0.29, 0.717) is 12.3 Å². The Labute approximate surface area is 138 Å². The van der Waals surface area contributed by atoms with Crippen LogP contribution in [0.25, 0.3) is 11.3 Å². The normalized spacial score (nSPS) is 20.8. The lowest BCUT2D eigenvalue weighted by molar-refractivity contribution is -0.160. The molecule has 24 heavy (non-hydrogen) atoms. The molecule has 1 saturated heterocycles. The molecule has 1 aromatic heterocycles. The van der Waals surface area contributed by atoms with E-state index in [1.807, 2.05) is 31.2 Å². The number of nitrogens with zero attached hydrogens (tertiary/aromatic N) is 2. The molecule has 0 spiro atoms. The van der Waals surface area contributed by atoms with E-state index in [4.69, 9.17) is 14.3 Å². The molecule has 7 heteroatoms.